The lowest BCUT2D eigenvalue weighted by atomic mass is 10.2. The van der Waals surface area contributed by atoms with Crippen LogP contribution in [0.2, 0.25) is 10.0 Å². The molecule has 35 heavy (non-hydrogen) atoms. The molecule has 0 fully saturated rings. The van der Waals surface area contributed by atoms with E-state index in [1.165, 1.54) is 19.1 Å². The predicted molar refractivity (Wildman–Crippen MR) is 124 cm³/mol. The second kappa shape index (κ2) is 14.8. The zero-order chi connectivity index (χ0) is 26.6. The van der Waals surface area contributed by atoms with Crippen LogP contribution in [0.5, 0.6) is 5.75 Å². The molecule has 0 saturated heterocycles. The van der Waals surface area contributed by atoms with Gasteiger partial charge in [-0.3, -0.25) is 4.57 Å². The van der Waals surface area contributed by atoms with E-state index >= 15 is 0 Å². The first-order valence-electron chi connectivity index (χ1n) is 10.3. The Morgan fingerprint density at radius 3 is 2.40 bits per heavy atom. The van der Waals surface area contributed by atoms with E-state index in [2.05, 4.69) is 9.47 Å². The molecule has 1 aromatic rings. The number of hydrogen-bond donors (Lipinski definition) is 2. The van der Waals surface area contributed by atoms with Crippen molar-refractivity contribution in [2.45, 2.75) is 32.2 Å². The molecule has 2 N–H and O–H groups in total. The van der Waals surface area contributed by atoms with Crippen LogP contribution >= 0.6 is 30.6 Å². The van der Waals surface area contributed by atoms with Crippen molar-refractivity contribution in [2.75, 3.05) is 32.6 Å². The fraction of sp³-hybridized carbons (Fsp3) is 0.500. The molecule has 2 atom stereocenters. The normalized spacial score (nSPS) is 13.2. The average molecular weight is 558 g/mol. The van der Waals surface area contributed by atoms with E-state index in [0.717, 1.165) is 6.66 Å². The fourth-order valence-electron chi connectivity index (χ4n) is 2.46. The molecule has 1 amide bonds. The molecule has 1 rings (SSSR count). The molecule has 0 aliphatic carbocycles. The molecule has 0 spiro atoms. The molecule has 196 valence electrons. The second-order valence-corrected chi connectivity index (χ2v) is 10.5. The van der Waals surface area contributed by atoms with E-state index < -0.39 is 56.6 Å². The minimum absolute atomic E-state index is 0.0123. The number of benzene rings is 1. The molecule has 12 nitrogen and oxygen atoms in total. The lowest BCUT2D eigenvalue weighted by Crippen LogP contribution is -2.47. The lowest BCUT2D eigenvalue weighted by Gasteiger charge is -2.26. The molecule has 0 aromatic heterocycles. The van der Waals surface area contributed by atoms with Crippen LogP contribution in [0, 0.1) is 0 Å². The Labute approximate surface area is 211 Å². The first-order chi connectivity index (χ1) is 16.3. The van der Waals surface area contributed by atoms with Crippen LogP contribution in [0.1, 0.15) is 26.2 Å². The third-order valence-electron chi connectivity index (χ3n) is 4.06. The molecule has 0 aliphatic rings. The number of amides is 1. The van der Waals surface area contributed by atoms with Crippen LogP contribution in [0.3, 0.4) is 0 Å². The Morgan fingerprint density at radius 2 is 1.83 bits per heavy atom. The SMILES string of the molecule is CCOC(=O)COC(=O)N(OC(=O)CCCOc1ccc(Cl)cc1Cl)C(CCP(C)(=O)O)C(=O)O. The van der Waals surface area contributed by atoms with Crippen LogP contribution in [-0.4, -0.2) is 77.8 Å². The van der Waals surface area contributed by atoms with Crippen molar-refractivity contribution >= 4 is 54.6 Å². The highest BCUT2D eigenvalue weighted by Crippen LogP contribution is 2.36. The minimum atomic E-state index is -3.65. The van der Waals surface area contributed by atoms with E-state index in [4.69, 9.17) is 32.8 Å². The Bertz CT molecular complexity index is 953. The summed E-state index contributed by atoms with van der Waals surface area (Å²) in [7, 11) is -3.65. The van der Waals surface area contributed by atoms with Crippen molar-refractivity contribution in [3.05, 3.63) is 28.2 Å². The van der Waals surface area contributed by atoms with E-state index in [1.807, 2.05) is 0 Å². The molecule has 0 heterocycles. The summed E-state index contributed by atoms with van der Waals surface area (Å²) in [6.45, 7) is 1.70. The highest BCUT2D eigenvalue weighted by molar-refractivity contribution is 7.57. The summed E-state index contributed by atoms with van der Waals surface area (Å²) in [6.07, 6.45) is -2.68. The Morgan fingerprint density at radius 1 is 1.14 bits per heavy atom. The predicted octanol–water partition coefficient (Wildman–Crippen LogP) is 3.36. The maximum absolute atomic E-state index is 12.4. The fourth-order valence-corrected chi connectivity index (χ4v) is 3.65. The van der Waals surface area contributed by atoms with Crippen molar-refractivity contribution in [3.63, 3.8) is 0 Å². The van der Waals surface area contributed by atoms with Gasteiger partial charge in [0.2, 0.25) is 0 Å². The number of carbonyl (C=O) groups excluding carboxylic acids is 3. The van der Waals surface area contributed by atoms with Crippen molar-refractivity contribution in [2.24, 2.45) is 0 Å². The van der Waals surface area contributed by atoms with E-state index in [9.17, 15) is 33.7 Å². The molecular formula is C20H26Cl2NO11P. The van der Waals surface area contributed by atoms with Gasteiger partial charge in [0.05, 0.1) is 24.7 Å². The first-order valence-corrected chi connectivity index (χ1v) is 13.3. The molecule has 0 bridgehead atoms. The number of carboxylic acid groups (broad SMARTS) is 1. The Balaban J connectivity index is 2.80. The topological polar surface area (TPSA) is 166 Å². The summed E-state index contributed by atoms with van der Waals surface area (Å²) in [5.74, 6) is -3.23. The van der Waals surface area contributed by atoms with Gasteiger partial charge >= 0.3 is 24.0 Å². The van der Waals surface area contributed by atoms with Gasteiger partial charge in [-0.25, -0.2) is 19.2 Å². The van der Waals surface area contributed by atoms with Gasteiger partial charge < -0.3 is 29.0 Å². The monoisotopic (exact) mass is 557 g/mol. The number of hydroxylamine groups is 2. The number of halogens is 2. The molecule has 0 radical (unpaired) electrons. The van der Waals surface area contributed by atoms with Crippen LogP contribution < -0.4 is 4.74 Å². The summed E-state index contributed by atoms with van der Waals surface area (Å²) in [5.41, 5.74) is 0. The number of ether oxygens (including phenoxy) is 3. The summed E-state index contributed by atoms with van der Waals surface area (Å²) in [5, 5.41) is 10.3. The molecule has 0 saturated carbocycles. The van der Waals surface area contributed by atoms with Gasteiger partial charge in [0.1, 0.15) is 5.75 Å². The Hall–Kier alpha value is -2.53. The van der Waals surface area contributed by atoms with Gasteiger partial charge in [0, 0.05) is 17.8 Å². The van der Waals surface area contributed by atoms with Crippen molar-refractivity contribution in [1.82, 2.24) is 5.06 Å². The number of nitrogens with zero attached hydrogens (tertiary/aromatic N) is 1. The summed E-state index contributed by atoms with van der Waals surface area (Å²) < 4.78 is 26.3. The third kappa shape index (κ3) is 12.1. The third-order valence-corrected chi connectivity index (χ3v) is 5.68. The molecular weight excluding hydrogens is 532 g/mol. The number of carboxylic acids is 1. The van der Waals surface area contributed by atoms with Crippen LogP contribution in [0.15, 0.2) is 18.2 Å². The average Bonchev–Trinajstić information content (AvgIpc) is 2.74. The molecule has 0 aliphatic heterocycles. The van der Waals surface area contributed by atoms with Gasteiger partial charge in [0.25, 0.3) is 0 Å². The van der Waals surface area contributed by atoms with Crippen molar-refractivity contribution in [3.8, 4) is 5.75 Å². The number of carbonyl (C=O) groups is 4. The number of hydrogen-bond acceptors (Lipinski definition) is 9. The summed E-state index contributed by atoms with van der Waals surface area (Å²) in [4.78, 5) is 62.2. The van der Waals surface area contributed by atoms with E-state index in [0.29, 0.717) is 10.8 Å². The second-order valence-electron chi connectivity index (χ2n) is 7.09. The van der Waals surface area contributed by atoms with Crippen molar-refractivity contribution < 1.29 is 52.8 Å². The first kappa shape index (κ1) is 30.5. The number of aliphatic carboxylic acids is 1. The number of esters is 1. The van der Waals surface area contributed by atoms with E-state index in [-0.39, 0.29) is 36.1 Å². The number of rotatable bonds is 13. The smallest absolute Gasteiger partial charge is 0.444 e. The Kier molecular flexibility index (Phi) is 12.9. The van der Waals surface area contributed by atoms with Crippen LogP contribution in [-0.2, 0) is 33.3 Å². The van der Waals surface area contributed by atoms with Gasteiger partial charge in [-0.05, 0) is 38.0 Å². The minimum Gasteiger partial charge on any atom is -0.492 e. The van der Waals surface area contributed by atoms with Gasteiger partial charge in [0.15, 0.2) is 20.0 Å². The van der Waals surface area contributed by atoms with Crippen molar-refractivity contribution in [1.29, 1.82) is 0 Å². The molecule has 2 unspecified atom stereocenters. The van der Waals surface area contributed by atoms with Gasteiger partial charge in [-0.1, -0.05) is 23.2 Å². The van der Waals surface area contributed by atoms with Gasteiger partial charge in [-0.2, -0.15) is 0 Å². The quantitative estimate of drug-likeness (QED) is 0.158. The lowest BCUT2D eigenvalue weighted by molar-refractivity contribution is -0.196. The maximum Gasteiger partial charge on any atom is 0.444 e. The standard InChI is InChI=1S/C20H26Cl2NO11P/c1-3-31-18(25)12-33-20(28)23(15(19(26)27)8-10-35(2,29)30)34-17(24)5-4-9-32-16-7-6-13(21)11-14(16)22/h6-7,11,15H,3-5,8-10,12H2,1-2H3,(H,26,27)(H,29,30). The largest absolute Gasteiger partial charge is 0.492 e. The zero-order valence-corrected chi connectivity index (χ0v) is 21.4. The summed E-state index contributed by atoms with van der Waals surface area (Å²) in [6, 6.07) is 2.72. The molecule has 1 aromatic carbocycles. The summed E-state index contributed by atoms with van der Waals surface area (Å²) >= 11 is 11.8. The molecule has 15 heteroatoms. The zero-order valence-electron chi connectivity index (χ0n) is 19.0. The maximum atomic E-state index is 12.4. The van der Waals surface area contributed by atoms with Gasteiger partial charge in [-0.15, -0.1) is 5.06 Å². The highest BCUT2D eigenvalue weighted by Gasteiger charge is 2.36. The van der Waals surface area contributed by atoms with E-state index in [1.54, 1.807) is 6.07 Å². The van der Waals surface area contributed by atoms with Crippen LogP contribution in [0.4, 0.5) is 4.79 Å². The van der Waals surface area contributed by atoms with Crippen LogP contribution in [0.25, 0.3) is 0 Å². The highest BCUT2D eigenvalue weighted by atomic mass is 35.5.